The van der Waals surface area contributed by atoms with Gasteiger partial charge in [0.15, 0.2) is 11.5 Å². The summed E-state index contributed by atoms with van der Waals surface area (Å²) in [5.41, 5.74) is 0.934. The molecule has 2 aliphatic heterocycles. The van der Waals surface area contributed by atoms with Crippen molar-refractivity contribution in [2.75, 3.05) is 46.4 Å². The van der Waals surface area contributed by atoms with Crippen LogP contribution in [0.25, 0.3) is 11.1 Å². The fourth-order valence-corrected chi connectivity index (χ4v) is 6.61. The van der Waals surface area contributed by atoms with Gasteiger partial charge >= 0.3 is 18.0 Å². The summed E-state index contributed by atoms with van der Waals surface area (Å²) in [6.45, 7) is 11.2. The molecular formula is C34H47N3O9. The second kappa shape index (κ2) is 13.2. The molecule has 3 heterocycles. The van der Waals surface area contributed by atoms with E-state index in [0.29, 0.717) is 37.0 Å². The maximum absolute atomic E-state index is 13.0. The average Bonchev–Trinajstić information content (AvgIpc) is 3.43. The number of rotatable bonds is 7. The summed E-state index contributed by atoms with van der Waals surface area (Å²) in [6.07, 6.45) is 4.34. The van der Waals surface area contributed by atoms with Crippen molar-refractivity contribution in [3.8, 4) is 28.4 Å². The predicted octanol–water partition coefficient (Wildman–Crippen LogP) is 5.65. The Morgan fingerprint density at radius 3 is 2.20 bits per heavy atom. The van der Waals surface area contributed by atoms with Gasteiger partial charge in [0, 0.05) is 50.6 Å². The number of pyridine rings is 1. The van der Waals surface area contributed by atoms with Gasteiger partial charge in [-0.3, -0.25) is 0 Å². The lowest BCUT2D eigenvalue weighted by Crippen LogP contribution is -2.51. The zero-order valence-electron chi connectivity index (χ0n) is 28.4. The Bertz CT molecular complexity index is 1410. The number of carbonyl (C=O) groups is 2. The second-order valence-corrected chi connectivity index (χ2v) is 13.3. The molecule has 1 aromatic heterocycles. The molecule has 1 aliphatic carbocycles. The Balaban J connectivity index is 1.44. The van der Waals surface area contributed by atoms with Gasteiger partial charge in [-0.1, -0.05) is 0 Å². The van der Waals surface area contributed by atoms with Gasteiger partial charge in [0.2, 0.25) is 5.75 Å². The van der Waals surface area contributed by atoms with Crippen LogP contribution in [0, 0.1) is 5.92 Å². The molecule has 12 nitrogen and oxygen atoms in total. The highest BCUT2D eigenvalue weighted by atomic mass is 16.9. The Morgan fingerprint density at radius 2 is 1.65 bits per heavy atom. The molecule has 5 rings (SSSR count). The Kier molecular flexibility index (Phi) is 9.60. The van der Waals surface area contributed by atoms with Crippen LogP contribution >= 0.6 is 0 Å². The van der Waals surface area contributed by atoms with E-state index in [2.05, 4.69) is 18.7 Å². The highest BCUT2D eigenvalue weighted by Crippen LogP contribution is 2.56. The van der Waals surface area contributed by atoms with Crippen LogP contribution in [0.1, 0.15) is 70.7 Å². The van der Waals surface area contributed by atoms with Gasteiger partial charge in [-0.2, -0.15) is 0 Å². The van der Waals surface area contributed by atoms with Crippen molar-refractivity contribution in [2.45, 2.75) is 90.1 Å². The van der Waals surface area contributed by atoms with Gasteiger partial charge in [0.05, 0.1) is 32.3 Å². The van der Waals surface area contributed by atoms with Gasteiger partial charge in [0.25, 0.3) is 0 Å². The Hall–Kier alpha value is -3.77. The lowest BCUT2D eigenvalue weighted by atomic mass is 9.84. The highest BCUT2D eigenvalue weighted by molar-refractivity contribution is 5.97. The fraction of sp³-hybridized carbons (Fsp3) is 0.618. The first-order valence-electron chi connectivity index (χ1n) is 15.9. The van der Waals surface area contributed by atoms with Crippen LogP contribution in [-0.2, 0) is 18.9 Å². The van der Waals surface area contributed by atoms with Crippen LogP contribution in [0.15, 0.2) is 24.4 Å². The molecule has 1 amide bonds. The third-order valence-corrected chi connectivity index (χ3v) is 8.80. The van der Waals surface area contributed by atoms with Crippen molar-refractivity contribution in [3.63, 3.8) is 0 Å². The zero-order valence-corrected chi connectivity index (χ0v) is 28.4. The summed E-state index contributed by atoms with van der Waals surface area (Å²) >= 11 is 0. The van der Waals surface area contributed by atoms with E-state index in [-0.39, 0.29) is 47.3 Å². The first-order valence-corrected chi connectivity index (χ1v) is 15.9. The fourth-order valence-electron chi connectivity index (χ4n) is 6.61. The minimum atomic E-state index is -1.47. The van der Waals surface area contributed by atoms with E-state index in [9.17, 15) is 9.59 Å². The van der Waals surface area contributed by atoms with Crippen LogP contribution in [0.3, 0.4) is 0 Å². The van der Waals surface area contributed by atoms with E-state index < -0.39 is 17.5 Å². The third kappa shape index (κ3) is 6.69. The zero-order chi connectivity index (χ0) is 33.4. The molecule has 46 heavy (non-hydrogen) atoms. The summed E-state index contributed by atoms with van der Waals surface area (Å²) in [5.74, 6) is -0.548. The second-order valence-electron chi connectivity index (χ2n) is 13.3. The number of aromatic nitrogens is 1. The molecule has 1 saturated carbocycles. The lowest BCUT2D eigenvalue weighted by Gasteiger charge is -2.40. The molecule has 1 aromatic carbocycles. The van der Waals surface area contributed by atoms with Crippen molar-refractivity contribution in [1.82, 2.24) is 9.88 Å². The Labute approximate surface area is 271 Å². The predicted molar refractivity (Wildman–Crippen MR) is 171 cm³/mol. The molecule has 0 radical (unpaired) electrons. The number of methoxy groups -OCH3 is 3. The van der Waals surface area contributed by atoms with Crippen molar-refractivity contribution < 1.29 is 42.7 Å². The minimum absolute atomic E-state index is 0.00170. The van der Waals surface area contributed by atoms with Gasteiger partial charge in [0.1, 0.15) is 17.0 Å². The van der Waals surface area contributed by atoms with Gasteiger partial charge in [-0.15, -0.1) is 0 Å². The number of fused-ring (bicyclic) bond motifs is 1. The topological polar surface area (TPSA) is 118 Å². The summed E-state index contributed by atoms with van der Waals surface area (Å²) in [7, 11) is 6.10. The molecule has 1 unspecified atom stereocenters. The van der Waals surface area contributed by atoms with Crippen LogP contribution in [-0.4, -0.2) is 93.2 Å². The largest absolute Gasteiger partial charge is 0.492 e. The molecule has 3 aliphatic rings. The highest BCUT2D eigenvalue weighted by Gasteiger charge is 2.53. The number of amides is 1. The molecule has 2 fully saturated rings. The van der Waals surface area contributed by atoms with E-state index >= 15 is 0 Å². The standard InChI is InChI=1S/C34H47N3O9/c1-20-18-37(19-21(2)43-20)27-15-10-22(17-35-27)25-16-26(31(38)41-8)28(40-7)30-29(25)44-34(42-9,45-30)23-11-13-24(14-12-23)36(6)32(39)46-33(3,4)5/h10,15-17,20-21,23-24H,11-14,18-19H2,1-9H3/t20-,21+,23-,24-,34?. The van der Waals surface area contributed by atoms with Crippen molar-refractivity contribution in [1.29, 1.82) is 0 Å². The van der Waals surface area contributed by atoms with Gasteiger partial charge < -0.3 is 43.0 Å². The lowest BCUT2D eigenvalue weighted by molar-refractivity contribution is -0.305. The SMILES string of the molecule is COC(=O)c1cc(-c2ccc(N3C[C@@H](C)O[C@@H](C)C3)nc2)c2c(c1OC)OC(OC)([C@H]1CC[C@H](N(C)C(=O)OC(C)(C)C)CC1)O2. The van der Waals surface area contributed by atoms with Crippen LogP contribution in [0.4, 0.5) is 10.6 Å². The first-order chi connectivity index (χ1) is 21.8. The molecule has 0 bridgehead atoms. The number of morpholine rings is 1. The van der Waals surface area contributed by atoms with E-state index in [1.165, 1.54) is 14.2 Å². The van der Waals surface area contributed by atoms with Crippen molar-refractivity contribution >= 4 is 17.9 Å². The van der Waals surface area contributed by atoms with Crippen LogP contribution in [0.2, 0.25) is 0 Å². The van der Waals surface area contributed by atoms with E-state index in [1.807, 2.05) is 32.9 Å². The number of carbonyl (C=O) groups excluding carboxylic acids is 2. The maximum Gasteiger partial charge on any atom is 0.410 e. The smallest absolute Gasteiger partial charge is 0.410 e. The average molecular weight is 642 g/mol. The van der Waals surface area contributed by atoms with E-state index in [4.69, 9.17) is 38.1 Å². The minimum Gasteiger partial charge on any atom is -0.492 e. The summed E-state index contributed by atoms with van der Waals surface area (Å²) in [6, 6.07) is 5.59. The first kappa shape index (κ1) is 33.6. The molecular weight excluding hydrogens is 594 g/mol. The molecule has 1 saturated heterocycles. The van der Waals surface area contributed by atoms with Crippen molar-refractivity contribution in [2.24, 2.45) is 5.92 Å². The number of ether oxygens (including phenoxy) is 7. The van der Waals surface area contributed by atoms with E-state index in [0.717, 1.165) is 24.5 Å². The quantitative estimate of drug-likeness (QED) is 0.349. The summed E-state index contributed by atoms with van der Waals surface area (Å²) < 4.78 is 41.4. The third-order valence-electron chi connectivity index (χ3n) is 8.80. The number of benzene rings is 1. The van der Waals surface area contributed by atoms with Crippen LogP contribution in [0.5, 0.6) is 17.2 Å². The molecule has 3 atom stereocenters. The monoisotopic (exact) mass is 641 g/mol. The van der Waals surface area contributed by atoms with Gasteiger partial charge in [-0.25, -0.2) is 14.6 Å². The molecule has 0 spiro atoms. The number of hydrogen-bond acceptors (Lipinski definition) is 11. The van der Waals surface area contributed by atoms with Crippen LogP contribution < -0.4 is 19.1 Å². The van der Waals surface area contributed by atoms with E-state index in [1.54, 1.807) is 31.3 Å². The van der Waals surface area contributed by atoms with Crippen molar-refractivity contribution in [3.05, 3.63) is 30.0 Å². The summed E-state index contributed by atoms with van der Waals surface area (Å²) in [4.78, 5) is 34.3. The number of esters is 1. The normalized spacial score (nSPS) is 26.0. The Morgan fingerprint density at radius 1 is 1.00 bits per heavy atom. The number of anilines is 1. The number of nitrogens with zero attached hydrogens (tertiary/aromatic N) is 3. The molecule has 252 valence electrons. The number of hydrogen-bond donors (Lipinski definition) is 0. The van der Waals surface area contributed by atoms with Gasteiger partial charge in [-0.05, 0) is 78.5 Å². The summed E-state index contributed by atoms with van der Waals surface area (Å²) in [5, 5.41) is 0. The molecule has 0 N–H and O–H groups in total. The molecule has 12 heteroatoms. The maximum atomic E-state index is 13.0. The molecule has 2 aromatic rings.